The number of nitrogens with one attached hydrogen (secondary N) is 2. The van der Waals surface area contributed by atoms with E-state index in [1.54, 1.807) is 24.5 Å². The van der Waals surface area contributed by atoms with E-state index in [1.807, 2.05) is 49.4 Å². The zero-order valence-corrected chi connectivity index (χ0v) is 16.2. The third kappa shape index (κ3) is 3.81. The summed E-state index contributed by atoms with van der Waals surface area (Å²) < 4.78 is 0. The van der Waals surface area contributed by atoms with Gasteiger partial charge in [0.05, 0.1) is 6.54 Å². The van der Waals surface area contributed by atoms with Gasteiger partial charge in [-0.3, -0.25) is 4.79 Å². The number of nitrogens with zero attached hydrogens (tertiary/aromatic N) is 4. The zero-order valence-electron chi connectivity index (χ0n) is 15.4. The molecule has 0 saturated heterocycles. The van der Waals surface area contributed by atoms with Gasteiger partial charge < -0.3 is 10.3 Å². The molecule has 0 atom stereocenters. The van der Waals surface area contributed by atoms with E-state index in [1.165, 1.54) is 0 Å². The van der Waals surface area contributed by atoms with E-state index in [2.05, 4.69) is 30.5 Å². The van der Waals surface area contributed by atoms with Gasteiger partial charge in [0.1, 0.15) is 21.7 Å². The molecule has 3 aromatic heterocycles. The molecular formula is C20H18N6OS. The molecule has 0 aliphatic heterocycles. The lowest BCUT2D eigenvalue weighted by atomic mass is 10.2. The summed E-state index contributed by atoms with van der Waals surface area (Å²) in [5, 5.41) is 13.5. The maximum absolute atomic E-state index is 11.9. The quantitative estimate of drug-likeness (QED) is 0.541. The molecule has 0 aliphatic carbocycles. The molecule has 0 spiro atoms. The SMILES string of the molecule is Cc1nc(-c2ccc(NCc3nnc(-c4ccccc4)s3)nc2)[nH]c(=O)c1C. The Morgan fingerprint density at radius 3 is 2.57 bits per heavy atom. The molecule has 2 N–H and O–H groups in total. The molecule has 0 saturated carbocycles. The Balaban J connectivity index is 1.44. The lowest BCUT2D eigenvalue weighted by Crippen LogP contribution is -2.14. The van der Waals surface area contributed by atoms with Crippen molar-refractivity contribution in [2.24, 2.45) is 0 Å². The fraction of sp³-hybridized carbons (Fsp3) is 0.150. The van der Waals surface area contributed by atoms with Crippen LogP contribution in [0, 0.1) is 13.8 Å². The Morgan fingerprint density at radius 2 is 1.86 bits per heavy atom. The average Bonchev–Trinajstić information content (AvgIpc) is 3.20. The molecule has 0 aliphatic rings. The van der Waals surface area contributed by atoms with Crippen molar-refractivity contribution in [2.75, 3.05) is 5.32 Å². The summed E-state index contributed by atoms with van der Waals surface area (Å²) in [5.41, 5.74) is 3.03. The number of rotatable bonds is 5. The Morgan fingerprint density at radius 1 is 1.04 bits per heavy atom. The summed E-state index contributed by atoms with van der Waals surface area (Å²) >= 11 is 1.55. The van der Waals surface area contributed by atoms with Crippen molar-refractivity contribution in [1.82, 2.24) is 25.1 Å². The van der Waals surface area contributed by atoms with Gasteiger partial charge in [-0.1, -0.05) is 41.7 Å². The molecule has 28 heavy (non-hydrogen) atoms. The van der Waals surface area contributed by atoms with Gasteiger partial charge in [0.2, 0.25) is 0 Å². The lowest BCUT2D eigenvalue weighted by molar-refractivity contribution is 0.985. The summed E-state index contributed by atoms with van der Waals surface area (Å²) in [5.74, 6) is 1.23. The number of hydrogen-bond donors (Lipinski definition) is 2. The van der Waals surface area contributed by atoms with Crippen LogP contribution in [-0.2, 0) is 6.54 Å². The van der Waals surface area contributed by atoms with E-state index in [4.69, 9.17) is 0 Å². The van der Waals surface area contributed by atoms with Crippen LogP contribution in [0.15, 0.2) is 53.5 Å². The minimum absolute atomic E-state index is 0.129. The van der Waals surface area contributed by atoms with Gasteiger partial charge in [-0.2, -0.15) is 0 Å². The highest BCUT2D eigenvalue weighted by Gasteiger charge is 2.08. The van der Waals surface area contributed by atoms with Crippen LogP contribution in [-0.4, -0.2) is 25.1 Å². The number of anilines is 1. The number of aromatic amines is 1. The van der Waals surface area contributed by atoms with Crippen LogP contribution in [0.5, 0.6) is 0 Å². The minimum Gasteiger partial charge on any atom is -0.363 e. The molecule has 140 valence electrons. The van der Waals surface area contributed by atoms with Crippen molar-refractivity contribution < 1.29 is 0 Å². The smallest absolute Gasteiger partial charge is 0.254 e. The summed E-state index contributed by atoms with van der Waals surface area (Å²) in [6, 6.07) is 13.7. The summed E-state index contributed by atoms with van der Waals surface area (Å²) in [6.07, 6.45) is 1.69. The largest absolute Gasteiger partial charge is 0.363 e. The van der Waals surface area contributed by atoms with Crippen molar-refractivity contribution in [3.63, 3.8) is 0 Å². The van der Waals surface area contributed by atoms with Gasteiger partial charge in [-0.05, 0) is 26.0 Å². The van der Waals surface area contributed by atoms with Crippen LogP contribution in [0.4, 0.5) is 5.82 Å². The molecule has 0 bridgehead atoms. The van der Waals surface area contributed by atoms with E-state index in [0.717, 1.165) is 21.1 Å². The van der Waals surface area contributed by atoms with E-state index in [-0.39, 0.29) is 5.56 Å². The molecule has 4 rings (SSSR count). The molecule has 0 unspecified atom stereocenters. The molecule has 0 radical (unpaired) electrons. The monoisotopic (exact) mass is 390 g/mol. The van der Waals surface area contributed by atoms with Crippen molar-refractivity contribution in [1.29, 1.82) is 0 Å². The van der Waals surface area contributed by atoms with Gasteiger partial charge in [-0.25, -0.2) is 9.97 Å². The maximum Gasteiger partial charge on any atom is 0.254 e. The van der Waals surface area contributed by atoms with Crippen LogP contribution in [0.2, 0.25) is 0 Å². The fourth-order valence-corrected chi connectivity index (χ4v) is 3.39. The Bertz CT molecular complexity index is 1150. The van der Waals surface area contributed by atoms with Crippen LogP contribution < -0.4 is 10.9 Å². The second-order valence-electron chi connectivity index (χ2n) is 6.28. The molecule has 1 aromatic carbocycles. The van der Waals surface area contributed by atoms with Gasteiger partial charge in [-0.15, -0.1) is 10.2 Å². The number of pyridine rings is 1. The Hall–Kier alpha value is -3.39. The molecule has 4 aromatic rings. The Kier molecular flexibility index (Phi) is 4.94. The lowest BCUT2D eigenvalue weighted by Gasteiger charge is -2.06. The third-order valence-corrected chi connectivity index (χ3v) is 5.31. The first-order valence-corrected chi connectivity index (χ1v) is 9.57. The number of aryl methyl sites for hydroxylation is 1. The van der Waals surface area contributed by atoms with Crippen molar-refractivity contribution >= 4 is 17.2 Å². The molecule has 7 nitrogen and oxygen atoms in total. The summed E-state index contributed by atoms with van der Waals surface area (Å²) in [4.78, 5) is 23.5. The summed E-state index contributed by atoms with van der Waals surface area (Å²) in [6.45, 7) is 4.12. The van der Waals surface area contributed by atoms with Crippen molar-refractivity contribution in [3.05, 3.63) is 75.3 Å². The standard InChI is InChI=1S/C20H18N6OS/c1-12-13(2)23-18(24-19(12)27)15-8-9-16(21-10-15)22-11-17-25-26-20(28-17)14-6-4-3-5-7-14/h3-10H,11H2,1-2H3,(H,21,22)(H,23,24,27). The average molecular weight is 390 g/mol. The second-order valence-corrected chi connectivity index (χ2v) is 7.34. The number of H-pyrrole nitrogens is 1. The third-order valence-electron chi connectivity index (χ3n) is 4.34. The van der Waals surface area contributed by atoms with E-state index >= 15 is 0 Å². The van der Waals surface area contributed by atoms with Crippen LogP contribution in [0.1, 0.15) is 16.3 Å². The first kappa shape index (κ1) is 18.0. The highest BCUT2D eigenvalue weighted by atomic mass is 32.1. The predicted molar refractivity (Wildman–Crippen MR) is 110 cm³/mol. The van der Waals surface area contributed by atoms with E-state index in [0.29, 0.717) is 29.4 Å². The van der Waals surface area contributed by atoms with Gasteiger partial charge >= 0.3 is 0 Å². The van der Waals surface area contributed by atoms with Crippen molar-refractivity contribution in [3.8, 4) is 22.0 Å². The molecule has 0 amide bonds. The van der Waals surface area contributed by atoms with E-state index in [9.17, 15) is 4.79 Å². The van der Waals surface area contributed by atoms with Gasteiger partial charge in [0.25, 0.3) is 5.56 Å². The number of aromatic nitrogens is 5. The Labute approximate surface area is 165 Å². The van der Waals surface area contributed by atoms with Gasteiger partial charge in [0, 0.05) is 28.6 Å². The zero-order chi connectivity index (χ0) is 19.5. The topological polar surface area (TPSA) is 96.4 Å². The first-order valence-electron chi connectivity index (χ1n) is 8.76. The van der Waals surface area contributed by atoms with E-state index < -0.39 is 0 Å². The molecule has 3 heterocycles. The fourth-order valence-electron chi connectivity index (χ4n) is 2.61. The number of benzene rings is 1. The minimum atomic E-state index is -0.129. The maximum atomic E-state index is 11.9. The molecule has 8 heteroatoms. The predicted octanol–water partition coefficient (Wildman–Crippen LogP) is 3.58. The first-order chi connectivity index (χ1) is 13.6. The normalized spacial score (nSPS) is 10.8. The second kappa shape index (κ2) is 7.69. The summed E-state index contributed by atoms with van der Waals surface area (Å²) in [7, 11) is 0. The highest BCUT2D eigenvalue weighted by molar-refractivity contribution is 7.14. The van der Waals surface area contributed by atoms with Crippen molar-refractivity contribution in [2.45, 2.75) is 20.4 Å². The molecular weight excluding hydrogens is 372 g/mol. The van der Waals surface area contributed by atoms with Crippen LogP contribution in [0.3, 0.4) is 0 Å². The van der Waals surface area contributed by atoms with Crippen LogP contribution in [0.25, 0.3) is 22.0 Å². The van der Waals surface area contributed by atoms with Gasteiger partial charge in [0.15, 0.2) is 0 Å². The number of hydrogen-bond acceptors (Lipinski definition) is 7. The highest BCUT2D eigenvalue weighted by Crippen LogP contribution is 2.23. The molecule has 0 fully saturated rings. The van der Waals surface area contributed by atoms with Crippen LogP contribution >= 0.6 is 11.3 Å².